The SMILES string of the molecule is FC(F)(F)c1ncc2nc(NC3CC3)n(CC3CCCC3)c2n1. The van der Waals surface area contributed by atoms with Crippen LogP contribution < -0.4 is 5.32 Å². The quantitative estimate of drug-likeness (QED) is 0.933. The Morgan fingerprint density at radius 3 is 2.52 bits per heavy atom. The van der Waals surface area contributed by atoms with E-state index in [4.69, 9.17) is 0 Å². The molecule has 2 fully saturated rings. The van der Waals surface area contributed by atoms with E-state index >= 15 is 0 Å². The minimum atomic E-state index is -4.54. The van der Waals surface area contributed by atoms with Crippen molar-refractivity contribution in [3.05, 3.63) is 12.0 Å². The molecule has 2 aliphatic carbocycles. The summed E-state index contributed by atoms with van der Waals surface area (Å²) in [6.45, 7) is 0.667. The van der Waals surface area contributed by atoms with Gasteiger partial charge in [0.15, 0.2) is 5.65 Å². The number of hydrogen-bond acceptors (Lipinski definition) is 4. The Bertz CT molecular complexity index is 714. The molecule has 2 aliphatic rings. The Morgan fingerprint density at radius 1 is 1.13 bits per heavy atom. The molecule has 124 valence electrons. The number of anilines is 1. The van der Waals surface area contributed by atoms with Gasteiger partial charge in [-0.3, -0.25) is 4.57 Å². The molecule has 0 aromatic carbocycles. The first-order valence-corrected chi connectivity index (χ1v) is 8.08. The fourth-order valence-corrected chi connectivity index (χ4v) is 3.20. The Labute approximate surface area is 131 Å². The smallest absolute Gasteiger partial charge is 0.353 e. The number of imidazole rings is 1. The number of rotatable bonds is 4. The number of hydrogen-bond donors (Lipinski definition) is 1. The van der Waals surface area contributed by atoms with Gasteiger partial charge in [-0.15, -0.1) is 0 Å². The molecule has 2 saturated carbocycles. The van der Waals surface area contributed by atoms with Crippen LogP contribution in [0.25, 0.3) is 11.2 Å². The van der Waals surface area contributed by atoms with Crippen LogP contribution in [0.1, 0.15) is 44.3 Å². The maximum atomic E-state index is 12.9. The lowest BCUT2D eigenvalue weighted by molar-refractivity contribution is -0.144. The summed E-state index contributed by atoms with van der Waals surface area (Å²) in [5.74, 6) is 0.00928. The van der Waals surface area contributed by atoms with Gasteiger partial charge in [-0.1, -0.05) is 12.8 Å². The summed E-state index contributed by atoms with van der Waals surface area (Å²) in [6, 6.07) is 0.379. The molecule has 0 radical (unpaired) electrons. The number of halogens is 3. The van der Waals surface area contributed by atoms with Crippen molar-refractivity contribution in [2.24, 2.45) is 5.92 Å². The van der Waals surface area contributed by atoms with Gasteiger partial charge in [-0.2, -0.15) is 13.2 Å². The summed E-state index contributed by atoms with van der Waals surface area (Å²) >= 11 is 0. The second-order valence-corrected chi connectivity index (χ2v) is 6.52. The molecule has 2 aromatic heterocycles. The molecule has 2 heterocycles. The number of alkyl halides is 3. The first kappa shape index (κ1) is 14.7. The van der Waals surface area contributed by atoms with Gasteiger partial charge < -0.3 is 5.32 Å². The summed E-state index contributed by atoms with van der Waals surface area (Å²) in [6.07, 6.45) is 3.38. The fourth-order valence-electron chi connectivity index (χ4n) is 3.20. The van der Waals surface area contributed by atoms with Crippen molar-refractivity contribution in [3.8, 4) is 0 Å². The number of nitrogens with one attached hydrogen (secondary N) is 1. The zero-order valence-corrected chi connectivity index (χ0v) is 12.6. The number of nitrogens with zero attached hydrogens (tertiary/aromatic N) is 4. The van der Waals surface area contributed by atoms with Gasteiger partial charge >= 0.3 is 6.18 Å². The lowest BCUT2D eigenvalue weighted by atomic mass is 10.1. The standard InChI is InChI=1S/C15H18F3N5/c16-15(17,18)13-19-7-11-12(22-13)23(8-9-3-1-2-4-9)14(21-11)20-10-5-6-10/h7,9-10H,1-6,8H2,(H,20,21). The van der Waals surface area contributed by atoms with Crippen molar-refractivity contribution in [3.63, 3.8) is 0 Å². The maximum Gasteiger partial charge on any atom is 0.451 e. The van der Waals surface area contributed by atoms with E-state index in [2.05, 4.69) is 20.3 Å². The van der Waals surface area contributed by atoms with E-state index in [0.29, 0.717) is 30.0 Å². The maximum absolute atomic E-state index is 12.9. The van der Waals surface area contributed by atoms with E-state index < -0.39 is 12.0 Å². The van der Waals surface area contributed by atoms with E-state index in [1.54, 1.807) is 0 Å². The molecule has 23 heavy (non-hydrogen) atoms. The van der Waals surface area contributed by atoms with Crippen LogP contribution in [-0.4, -0.2) is 25.6 Å². The minimum absolute atomic E-state index is 0.280. The van der Waals surface area contributed by atoms with E-state index in [-0.39, 0.29) is 5.65 Å². The Morgan fingerprint density at radius 2 is 1.87 bits per heavy atom. The van der Waals surface area contributed by atoms with Crippen LogP contribution >= 0.6 is 0 Å². The third kappa shape index (κ3) is 2.98. The Hall–Kier alpha value is -1.86. The minimum Gasteiger partial charge on any atom is -0.353 e. The third-order valence-corrected chi connectivity index (χ3v) is 4.57. The number of fused-ring (bicyclic) bond motifs is 1. The largest absolute Gasteiger partial charge is 0.451 e. The van der Waals surface area contributed by atoms with Crippen LogP contribution in [0.2, 0.25) is 0 Å². The summed E-state index contributed by atoms with van der Waals surface area (Å²) in [4.78, 5) is 11.6. The van der Waals surface area contributed by atoms with Crippen LogP contribution in [-0.2, 0) is 12.7 Å². The molecular weight excluding hydrogens is 307 g/mol. The highest BCUT2D eigenvalue weighted by molar-refractivity contribution is 5.74. The normalized spacial score (nSPS) is 19.6. The highest BCUT2D eigenvalue weighted by Gasteiger charge is 2.35. The molecule has 0 amide bonds. The van der Waals surface area contributed by atoms with E-state index in [9.17, 15) is 13.2 Å². The highest BCUT2D eigenvalue weighted by atomic mass is 19.4. The average molecular weight is 325 g/mol. The van der Waals surface area contributed by atoms with Gasteiger partial charge in [-0.25, -0.2) is 15.0 Å². The van der Waals surface area contributed by atoms with Crippen LogP contribution in [0, 0.1) is 5.92 Å². The molecule has 0 bridgehead atoms. The Kier molecular flexibility index (Phi) is 3.42. The van der Waals surface area contributed by atoms with Gasteiger partial charge in [0, 0.05) is 12.6 Å². The van der Waals surface area contributed by atoms with Crippen molar-refractivity contribution in [2.45, 2.75) is 57.3 Å². The van der Waals surface area contributed by atoms with Crippen molar-refractivity contribution < 1.29 is 13.2 Å². The molecule has 0 aliphatic heterocycles. The zero-order chi connectivity index (χ0) is 16.0. The summed E-state index contributed by atoms with van der Waals surface area (Å²) < 4.78 is 40.5. The van der Waals surface area contributed by atoms with E-state index in [1.807, 2.05) is 4.57 Å². The highest BCUT2D eigenvalue weighted by Crippen LogP contribution is 2.32. The molecular formula is C15H18F3N5. The predicted octanol–water partition coefficient (Wildman–Crippen LogP) is 3.61. The number of aromatic nitrogens is 4. The summed E-state index contributed by atoms with van der Waals surface area (Å²) in [7, 11) is 0. The molecule has 0 atom stereocenters. The molecule has 0 saturated heterocycles. The second kappa shape index (κ2) is 5.35. The Balaban J connectivity index is 1.75. The lowest BCUT2D eigenvalue weighted by Gasteiger charge is -2.14. The molecule has 5 nitrogen and oxygen atoms in total. The van der Waals surface area contributed by atoms with Crippen molar-refractivity contribution in [2.75, 3.05) is 5.32 Å². The van der Waals surface area contributed by atoms with Crippen molar-refractivity contribution in [1.29, 1.82) is 0 Å². The van der Waals surface area contributed by atoms with Gasteiger partial charge in [0.05, 0.1) is 6.20 Å². The van der Waals surface area contributed by atoms with E-state index in [1.165, 1.54) is 19.0 Å². The molecule has 1 N–H and O–H groups in total. The lowest BCUT2D eigenvalue weighted by Crippen LogP contribution is -2.15. The van der Waals surface area contributed by atoms with Crippen LogP contribution in [0.3, 0.4) is 0 Å². The topological polar surface area (TPSA) is 55.6 Å². The van der Waals surface area contributed by atoms with Crippen molar-refractivity contribution >= 4 is 17.1 Å². The molecule has 2 aromatic rings. The fraction of sp³-hybridized carbons (Fsp3) is 0.667. The predicted molar refractivity (Wildman–Crippen MR) is 78.9 cm³/mol. The molecule has 4 rings (SSSR count). The molecule has 8 heteroatoms. The van der Waals surface area contributed by atoms with Crippen LogP contribution in [0.5, 0.6) is 0 Å². The first-order valence-electron chi connectivity index (χ1n) is 8.08. The molecule has 0 spiro atoms. The zero-order valence-electron chi connectivity index (χ0n) is 12.6. The van der Waals surface area contributed by atoms with Gasteiger partial charge in [0.1, 0.15) is 5.52 Å². The van der Waals surface area contributed by atoms with Crippen molar-refractivity contribution in [1.82, 2.24) is 19.5 Å². The van der Waals surface area contributed by atoms with Crippen LogP contribution in [0.15, 0.2) is 6.20 Å². The van der Waals surface area contributed by atoms with Crippen LogP contribution in [0.4, 0.5) is 19.1 Å². The first-order chi connectivity index (χ1) is 11.0. The van der Waals surface area contributed by atoms with Gasteiger partial charge in [0.2, 0.25) is 11.8 Å². The average Bonchev–Trinajstić information content (AvgIpc) is 3.05. The van der Waals surface area contributed by atoms with Gasteiger partial charge in [0.25, 0.3) is 0 Å². The second-order valence-electron chi connectivity index (χ2n) is 6.52. The third-order valence-electron chi connectivity index (χ3n) is 4.57. The molecule has 0 unspecified atom stereocenters. The van der Waals surface area contributed by atoms with Gasteiger partial charge in [-0.05, 0) is 31.6 Å². The monoisotopic (exact) mass is 325 g/mol. The summed E-state index contributed by atoms with van der Waals surface area (Å²) in [5.41, 5.74) is 0.696. The van der Waals surface area contributed by atoms with E-state index in [0.717, 1.165) is 25.7 Å². The summed E-state index contributed by atoms with van der Waals surface area (Å²) in [5, 5.41) is 3.31.